The number of carbonyl (C=O) groups is 1. The average Bonchev–Trinajstić information content (AvgIpc) is 0.811. The van der Waals surface area contributed by atoms with Crippen LogP contribution < -0.4 is 5.73 Å². The predicted octanol–water partition coefficient (Wildman–Crippen LogP) is 0.387. The quantitative estimate of drug-likeness (QED) is 0.465. The number of nitrogens with two attached hydrogens (primary N) is 1. The van der Waals surface area contributed by atoms with Crippen LogP contribution in [-0.2, 0) is 43.8 Å². The molecule has 1 amide bonds. The van der Waals surface area contributed by atoms with Gasteiger partial charge >= 0.3 is 0 Å². The predicted molar refractivity (Wildman–Crippen MR) is 27.7 cm³/mol. The molecule has 0 aliphatic rings. The minimum Gasteiger partial charge on any atom is -0.370 e. The van der Waals surface area contributed by atoms with Gasteiger partial charge in [0.15, 0.2) is 0 Å². The Labute approximate surface area is 77.1 Å². The molecule has 0 radical (unpaired) electrons. The van der Waals surface area contributed by atoms with Crippen molar-refractivity contribution in [2.45, 2.75) is 6.92 Å². The number of hydrogen-bond donors (Lipinski definition) is 1. The summed E-state index contributed by atoms with van der Waals surface area (Å²) in [6.45, 7) is 1.31. The second-order valence-corrected chi connectivity index (χ2v) is 0.611. The smallest absolute Gasteiger partial charge is 0.214 e. The Kier molecular flexibility index (Phi) is 118. The fourth-order valence-electron chi connectivity index (χ4n) is 0. The number of carbonyl (C=O) groups excluding carboxylic acids is 1. The van der Waals surface area contributed by atoms with Crippen molar-refractivity contribution in [1.29, 1.82) is 0 Å². The number of amides is 1. The first-order valence-electron chi connectivity index (χ1n) is 0.993. The summed E-state index contributed by atoms with van der Waals surface area (Å²) in [5.74, 6) is -0.333. The van der Waals surface area contributed by atoms with E-state index in [2.05, 4.69) is 5.73 Å². The molecule has 0 aliphatic heterocycles. The third-order valence-electron chi connectivity index (χ3n) is 0. The van der Waals surface area contributed by atoms with Crippen molar-refractivity contribution >= 4 is 5.91 Å². The summed E-state index contributed by atoms with van der Waals surface area (Å²) >= 11 is 0. The van der Waals surface area contributed by atoms with Crippen LogP contribution in [0.1, 0.15) is 6.92 Å². The molecule has 0 aromatic carbocycles. The molecular weight excluding hydrogens is 209 g/mol. The van der Waals surface area contributed by atoms with Crippen molar-refractivity contribution in [3.05, 3.63) is 14.9 Å². The molecule has 0 heterocycles. The van der Waals surface area contributed by atoms with E-state index in [0.29, 0.717) is 0 Å². The zero-order chi connectivity index (χ0) is 3.58. The van der Waals surface area contributed by atoms with E-state index in [1.54, 1.807) is 0 Å². The maximum Gasteiger partial charge on any atom is 0.214 e. The molecule has 0 saturated carbocycles. The first kappa shape index (κ1) is 37.6. The zero-order valence-corrected chi connectivity index (χ0v) is 11.8. The Morgan fingerprint density at radius 1 is 1.25 bits per heavy atom. The molecule has 0 unspecified atom stereocenters. The van der Waals surface area contributed by atoms with Crippen LogP contribution in [0.15, 0.2) is 0 Å². The third kappa shape index (κ3) is 427. The maximum atomic E-state index is 9.22. The maximum absolute atomic E-state index is 9.22. The van der Waals surface area contributed by atoms with E-state index >= 15 is 0 Å². The fourth-order valence-corrected chi connectivity index (χ4v) is 0. The molecule has 0 aromatic rings. The minimum atomic E-state index is -0.333. The van der Waals surface area contributed by atoms with Crippen molar-refractivity contribution in [2.75, 3.05) is 0 Å². The molecule has 2 nitrogen and oxygen atoms in total. The Balaban J connectivity index is -0.00000000750. The first-order chi connectivity index (χ1) is 1.73. The van der Waals surface area contributed by atoms with Gasteiger partial charge in [-0.2, -0.15) is 0 Å². The van der Waals surface area contributed by atoms with Gasteiger partial charge in [0.25, 0.3) is 0 Å². The van der Waals surface area contributed by atoms with Gasteiger partial charge in [0.05, 0.1) is 0 Å². The van der Waals surface area contributed by atoms with Crippen LogP contribution >= 0.6 is 0 Å². The summed E-state index contributed by atoms with van der Waals surface area (Å²) in [6.07, 6.45) is 0. The molecular formula is C4H11NOZn2-2. The Bertz CT molecular complexity index is 37.0. The van der Waals surface area contributed by atoms with Gasteiger partial charge in [-0.1, -0.05) is 0 Å². The Hall–Kier alpha value is 0.717. The molecule has 8 heavy (non-hydrogen) atoms. The molecule has 4 heteroatoms. The Morgan fingerprint density at radius 2 is 1.25 bits per heavy atom. The third-order valence-corrected chi connectivity index (χ3v) is 0. The van der Waals surface area contributed by atoms with Crippen LogP contribution in [-0.4, -0.2) is 5.91 Å². The van der Waals surface area contributed by atoms with E-state index in [0.717, 1.165) is 0 Å². The standard InChI is InChI=1S/C2H5NO.2CH3.2Zn/c1-2(3)4;;;;/h1H3,(H2,3,4);2*1H3;;/q;2*-1;;. The van der Waals surface area contributed by atoms with Gasteiger partial charge in [-0.15, -0.1) is 0 Å². The first-order valence-corrected chi connectivity index (χ1v) is 0.993. The average molecular weight is 220 g/mol. The normalized spacial score (nSPS) is 3.12. The second-order valence-electron chi connectivity index (χ2n) is 0.611. The van der Waals surface area contributed by atoms with Crippen molar-refractivity contribution in [3.63, 3.8) is 0 Å². The molecule has 0 spiro atoms. The van der Waals surface area contributed by atoms with Gasteiger partial charge in [0.2, 0.25) is 5.91 Å². The molecule has 0 saturated heterocycles. The van der Waals surface area contributed by atoms with Crippen LogP contribution in [0.4, 0.5) is 0 Å². The summed E-state index contributed by atoms with van der Waals surface area (Å²) in [7, 11) is 0. The van der Waals surface area contributed by atoms with E-state index in [9.17, 15) is 4.79 Å². The summed E-state index contributed by atoms with van der Waals surface area (Å²) in [6, 6.07) is 0. The number of primary amides is 1. The van der Waals surface area contributed by atoms with Gasteiger partial charge in [-0.05, 0) is 0 Å². The monoisotopic (exact) mass is 217 g/mol. The largest absolute Gasteiger partial charge is 0.370 e. The summed E-state index contributed by atoms with van der Waals surface area (Å²) in [4.78, 5) is 9.22. The van der Waals surface area contributed by atoms with Crippen molar-refractivity contribution in [1.82, 2.24) is 0 Å². The summed E-state index contributed by atoms with van der Waals surface area (Å²) < 4.78 is 0. The SMILES string of the molecule is CC(N)=O.[CH3-].[CH3-].[Zn].[Zn]. The zero-order valence-electron chi connectivity index (χ0n) is 5.90. The van der Waals surface area contributed by atoms with Gasteiger partial charge in [0.1, 0.15) is 0 Å². The molecule has 0 rings (SSSR count). The van der Waals surface area contributed by atoms with Gasteiger partial charge in [-0.3, -0.25) is 4.79 Å². The molecule has 0 bridgehead atoms. The second kappa shape index (κ2) is 25.2. The van der Waals surface area contributed by atoms with Crippen LogP contribution in [0.25, 0.3) is 0 Å². The van der Waals surface area contributed by atoms with Crippen molar-refractivity contribution in [3.8, 4) is 0 Å². The molecule has 2 N–H and O–H groups in total. The molecule has 0 aromatic heterocycles. The van der Waals surface area contributed by atoms with E-state index in [-0.39, 0.29) is 59.7 Å². The van der Waals surface area contributed by atoms with Gasteiger partial charge in [0, 0.05) is 45.9 Å². The fraction of sp³-hybridized carbons (Fsp3) is 0.250. The van der Waals surface area contributed by atoms with Crippen molar-refractivity contribution < 1.29 is 43.8 Å². The van der Waals surface area contributed by atoms with Crippen LogP contribution in [0.3, 0.4) is 0 Å². The summed E-state index contributed by atoms with van der Waals surface area (Å²) in [5.41, 5.74) is 4.47. The summed E-state index contributed by atoms with van der Waals surface area (Å²) in [5, 5.41) is 0. The minimum absolute atomic E-state index is 0. The number of hydrogen-bond acceptors (Lipinski definition) is 1. The number of rotatable bonds is 0. The van der Waals surface area contributed by atoms with Crippen LogP contribution in [0.5, 0.6) is 0 Å². The van der Waals surface area contributed by atoms with E-state index in [1.165, 1.54) is 6.92 Å². The van der Waals surface area contributed by atoms with Gasteiger partial charge in [-0.25, -0.2) is 0 Å². The molecule has 44 valence electrons. The van der Waals surface area contributed by atoms with E-state index in [4.69, 9.17) is 0 Å². The molecule has 0 atom stereocenters. The van der Waals surface area contributed by atoms with Crippen molar-refractivity contribution in [2.24, 2.45) is 5.73 Å². The molecule has 0 aliphatic carbocycles. The Morgan fingerprint density at radius 3 is 1.25 bits per heavy atom. The van der Waals surface area contributed by atoms with E-state index in [1.807, 2.05) is 0 Å². The van der Waals surface area contributed by atoms with Crippen LogP contribution in [0, 0.1) is 14.9 Å². The van der Waals surface area contributed by atoms with Gasteiger partial charge < -0.3 is 20.6 Å². The van der Waals surface area contributed by atoms with Crippen LogP contribution in [0.2, 0.25) is 0 Å². The molecule has 0 fully saturated rings. The topological polar surface area (TPSA) is 43.1 Å². The van der Waals surface area contributed by atoms with E-state index < -0.39 is 0 Å².